The lowest BCUT2D eigenvalue weighted by atomic mass is 10.1. The summed E-state index contributed by atoms with van der Waals surface area (Å²) in [5.41, 5.74) is 1.53. The molecule has 0 aliphatic rings. The number of aromatic nitrogens is 2. The molecule has 136 valence electrons. The quantitative estimate of drug-likeness (QED) is 0.703. The summed E-state index contributed by atoms with van der Waals surface area (Å²) in [6, 6.07) is 14.7. The third-order valence-electron chi connectivity index (χ3n) is 3.81. The first-order valence-electron chi connectivity index (χ1n) is 8.24. The smallest absolute Gasteiger partial charge is 0.253 e. The number of nitrogens with one attached hydrogen (secondary N) is 2. The van der Waals surface area contributed by atoms with Crippen LogP contribution in [0.3, 0.4) is 0 Å². The van der Waals surface area contributed by atoms with Gasteiger partial charge in [-0.15, -0.1) is 0 Å². The highest BCUT2D eigenvalue weighted by atomic mass is 16.5. The van der Waals surface area contributed by atoms with Crippen molar-refractivity contribution < 1.29 is 14.3 Å². The third kappa shape index (κ3) is 4.66. The van der Waals surface area contributed by atoms with E-state index < -0.39 is 6.04 Å². The van der Waals surface area contributed by atoms with Gasteiger partial charge in [0.05, 0.1) is 24.6 Å². The molecule has 0 radical (unpaired) electrons. The van der Waals surface area contributed by atoms with E-state index in [1.165, 1.54) is 19.5 Å². The Labute approximate surface area is 156 Å². The van der Waals surface area contributed by atoms with Gasteiger partial charge < -0.3 is 15.4 Å². The molecule has 0 aliphatic heterocycles. The summed E-state index contributed by atoms with van der Waals surface area (Å²) in [6.07, 6.45) is 4.51. The minimum absolute atomic E-state index is 0.373. The maximum absolute atomic E-state index is 12.8. The van der Waals surface area contributed by atoms with Crippen LogP contribution in [0.25, 0.3) is 0 Å². The molecule has 0 unspecified atom stereocenters. The molecule has 2 aromatic heterocycles. The fourth-order valence-corrected chi connectivity index (χ4v) is 2.45. The molecular weight excluding hydrogens is 344 g/mol. The standard InChI is InChI=1S/C20H18N4O3/c1-27-17-10-9-16(13-22-17)23-20(26)18(14-6-3-2-4-7-14)24-19(25)15-8-5-11-21-12-15/h2-13,18H,1H3,(H,23,26)(H,24,25)/t18-/m0/s1. The van der Waals surface area contributed by atoms with E-state index in [9.17, 15) is 9.59 Å². The number of amides is 2. The van der Waals surface area contributed by atoms with E-state index in [0.717, 1.165) is 0 Å². The number of hydrogen-bond donors (Lipinski definition) is 2. The Morgan fingerprint density at radius 2 is 1.81 bits per heavy atom. The molecular formula is C20H18N4O3. The molecule has 1 atom stereocenters. The predicted molar refractivity (Wildman–Crippen MR) is 100 cm³/mol. The number of methoxy groups -OCH3 is 1. The van der Waals surface area contributed by atoms with Crippen LogP contribution < -0.4 is 15.4 Å². The van der Waals surface area contributed by atoms with Gasteiger partial charge in [0.25, 0.3) is 11.8 Å². The molecule has 0 aliphatic carbocycles. The monoisotopic (exact) mass is 362 g/mol. The lowest BCUT2D eigenvalue weighted by Gasteiger charge is -2.19. The van der Waals surface area contributed by atoms with Crippen molar-refractivity contribution in [1.82, 2.24) is 15.3 Å². The van der Waals surface area contributed by atoms with Gasteiger partial charge in [0, 0.05) is 18.5 Å². The van der Waals surface area contributed by atoms with E-state index in [1.807, 2.05) is 6.07 Å². The Morgan fingerprint density at radius 1 is 1.00 bits per heavy atom. The summed E-state index contributed by atoms with van der Waals surface area (Å²) in [4.78, 5) is 33.3. The van der Waals surface area contributed by atoms with Gasteiger partial charge in [-0.2, -0.15) is 0 Å². The Hall–Kier alpha value is -3.74. The van der Waals surface area contributed by atoms with E-state index in [1.54, 1.807) is 54.7 Å². The van der Waals surface area contributed by atoms with Crippen LogP contribution in [0.4, 0.5) is 5.69 Å². The molecule has 1 aromatic carbocycles. The van der Waals surface area contributed by atoms with Crippen molar-refractivity contribution in [2.75, 3.05) is 12.4 Å². The number of hydrogen-bond acceptors (Lipinski definition) is 5. The molecule has 7 nitrogen and oxygen atoms in total. The number of carbonyl (C=O) groups excluding carboxylic acids is 2. The van der Waals surface area contributed by atoms with Crippen LogP contribution in [0, 0.1) is 0 Å². The number of nitrogens with zero attached hydrogens (tertiary/aromatic N) is 2. The number of ether oxygens (including phenoxy) is 1. The second-order valence-electron chi connectivity index (χ2n) is 5.64. The van der Waals surface area contributed by atoms with Gasteiger partial charge in [0.1, 0.15) is 6.04 Å². The van der Waals surface area contributed by atoms with Crippen LogP contribution in [-0.2, 0) is 4.79 Å². The van der Waals surface area contributed by atoms with Gasteiger partial charge in [-0.05, 0) is 23.8 Å². The van der Waals surface area contributed by atoms with Crippen LogP contribution in [-0.4, -0.2) is 28.9 Å². The van der Waals surface area contributed by atoms with Crippen molar-refractivity contribution in [3.63, 3.8) is 0 Å². The summed E-state index contributed by atoms with van der Waals surface area (Å²) < 4.78 is 5.01. The lowest BCUT2D eigenvalue weighted by Crippen LogP contribution is -2.37. The highest BCUT2D eigenvalue weighted by Gasteiger charge is 2.23. The zero-order valence-corrected chi connectivity index (χ0v) is 14.6. The number of pyridine rings is 2. The van der Waals surface area contributed by atoms with Gasteiger partial charge in [0.15, 0.2) is 0 Å². The first-order chi connectivity index (χ1) is 13.2. The molecule has 0 bridgehead atoms. The van der Waals surface area contributed by atoms with Crippen molar-refractivity contribution in [2.45, 2.75) is 6.04 Å². The van der Waals surface area contributed by atoms with Crippen LogP contribution in [0.15, 0.2) is 73.2 Å². The molecule has 0 fully saturated rings. The Bertz CT molecular complexity index is 900. The van der Waals surface area contributed by atoms with Crippen molar-refractivity contribution in [3.8, 4) is 5.88 Å². The number of rotatable bonds is 6. The fourth-order valence-electron chi connectivity index (χ4n) is 2.45. The third-order valence-corrected chi connectivity index (χ3v) is 3.81. The fraction of sp³-hybridized carbons (Fsp3) is 0.100. The maximum Gasteiger partial charge on any atom is 0.253 e. The van der Waals surface area contributed by atoms with E-state index >= 15 is 0 Å². The largest absolute Gasteiger partial charge is 0.481 e. The van der Waals surface area contributed by atoms with E-state index in [4.69, 9.17) is 4.74 Å². The lowest BCUT2D eigenvalue weighted by molar-refractivity contribution is -0.118. The number of anilines is 1. The van der Waals surface area contributed by atoms with Crippen LogP contribution >= 0.6 is 0 Å². The maximum atomic E-state index is 12.8. The van der Waals surface area contributed by atoms with Gasteiger partial charge >= 0.3 is 0 Å². The normalized spacial score (nSPS) is 11.3. The van der Waals surface area contributed by atoms with Crippen molar-refractivity contribution in [1.29, 1.82) is 0 Å². The molecule has 3 aromatic rings. The van der Waals surface area contributed by atoms with E-state index in [0.29, 0.717) is 22.7 Å². The highest BCUT2D eigenvalue weighted by molar-refractivity contribution is 6.01. The number of benzene rings is 1. The average molecular weight is 362 g/mol. The van der Waals surface area contributed by atoms with Gasteiger partial charge in [-0.25, -0.2) is 4.98 Å². The van der Waals surface area contributed by atoms with Gasteiger partial charge in [0.2, 0.25) is 5.88 Å². The minimum atomic E-state index is -0.874. The SMILES string of the molecule is COc1ccc(NC(=O)[C@@H](NC(=O)c2cccnc2)c2ccccc2)cn1. The molecule has 2 amide bonds. The highest BCUT2D eigenvalue weighted by Crippen LogP contribution is 2.18. The molecule has 3 rings (SSSR count). The second kappa shape index (κ2) is 8.57. The first-order valence-corrected chi connectivity index (χ1v) is 8.24. The molecule has 2 N–H and O–H groups in total. The molecule has 0 spiro atoms. The second-order valence-corrected chi connectivity index (χ2v) is 5.64. The Morgan fingerprint density at radius 3 is 2.44 bits per heavy atom. The zero-order chi connectivity index (χ0) is 19.1. The van der Waals surface area contributed by atoms with E-state index in [-0.39, 0.29) is 11.8 Å². The van der Waals surface area contributed by atoms with Crippen molar-refractivity contribution >= 4 is 17.5 Å². The minimum Gasteiger partial charge on any atom is -0.481 e. The molecule has 7 heteroatoms. The first kappa shape index (κ1) is 18.1. The van der Waals surface area contributed by atoms with Crippen molar-refractivity contribution in [2.24, 2.45) is 0 Å². The van der Waals surface area contributed by atoms with Crippen molar-refractivity contribution in [3.05, 3.63) is 84.3 Å². The predicted octanol–water partition coefficient (Wildman–Crippen LogP) is 2.60. The molecule has 0 saturated carbocycles. The van der Waals surface area contributed by atoms with Crippen LogP contribution in [0.1, 0.15) is 22.0 Å². The van der Waals surface area contributed by atoms with E-state index in [2.05, 4.69) is 20.6 Å². The molecule has 0 saturated heterocycles. The summed E-state index contributed by atoms with van der Waals surface area (Å²) in [5, 5.41) is 5.52. The summed E-state index contributed by atoms with van der Waals surface area (Å²) >= 11 is 0. The Balaban J connectivity index is 1.81. The topological polar surface area (TPSA) is 93.2 Å². The van der Waals surface area contributed by atoms with Gasteiger partial charge in [-0.3, -0.25) is 14.6 Å². The van der Waals surface area contributed by atoms with Crippen LogP contribution in [0.2, 0.25) is 0 Å². The average Bonchev–Trinajstić information content (AvgIpc) is 2.73. The summed E-state index contributed by atoms with van der Waals surface area (Å²) in [5.74, 6) is -0.331. The summed E-state index contributed by atoms with van der Waals surface area (Å²) in [7, 11) is 1.51. The van der Waals surface area contributed by atoms with Crippen LogP contribution in [0.5, 0.6) is 5.88 Å². The molecule has 27 heavy (non-hydrogen) atoms. The number of carbonyl (C=O) groups is 2. The Kier molecular flexibility index (Phi) is 5.73. The van der Waals surface area contributed by atoms with Gasteiger partial charge in [-0.1, -0.05) is 30.3 Å². The molecule has 2 heterocycles. The summed E-state index contributed by atoms with van der Waals surface area (Å²) in [6.45, 7) is 0. The zero-order valence-electron chi connectivity index (χ0n) is 14.6.